The van der Waals surface area contributed by atoms with Crippen molar-refractivity contribution in [2.45, 2.75) is 38.8 Å². The van der Waals surface area contributed by atoms with Crippen molar-refractivity contribution in [2.75, 3.05) is 6.61 Å². The minimum atomic E-state index is -0.380. The maximum atomic E-state index is 13.7. The number of hydrogen-bond acceptors (Lipinski definition) is 5. The number of carbonyl (C=O) groups excluding carboxylic acids is 2. The standard InChI is InChI=1S/C32H33N3O4/c36-31(34-38)18-8-3-11-21-39-30-17-10-9-16-28(30)24-35(23-25-12-4-1-5-13-25)32(37)27-19-20-29(33-22-27)26-14-6-2-7-15-26/h1-2,4-7,9-10,12-17,19-20,22,38H,3,8,11,18,21,23-24H2,(H,34,36). The van der Waals surface area contributed by atoms with Gasteiger partial charge in [-0.2, -0.15) is 0 Å². The van der Waals surface area contributed by atoms with Crippen molar-refractivity contribution in [1.82, 2.24) is 15.4 Å². The SMILES string of the molecule is O=C(CCCCCOc1ccccc1CN(Cc1ccccc1)C(=O)c1ccc(-c2ccccc2)nc1)NO. The molecule has 200 valence electrons. The second-order valence-corrected chi connectivity index (χ2v) is 9.25. The van der Waals surface area contributed by atoms with Crippen LogP contribution in [0, 0.1) is 0 Å². The van der Waals surface area contributed by atoms with Crippen molar-refractivity contribution >= 4 is 11.8 Å². The Bertz CT molecular complexity index is 1330. The van der Waals surface area contributed by atoms with Gasteiger partial charge in [-0.3, -0.25) is 19.8 Å². The molecule has 39 heavy (non-hydrogen) atoms. The minimum Gasteiger partial charge on any atom is -0.493 e. The summed E-state index contributed by atoms with van der Waals surface area (Å²) >= 11 is 0. The zero-order valence-corrected chi connectivity index (χ0v) is 21.8. The fourth-order valence-electron chi connectivity index (χ4n) is 4.27. The van der Waals surface area contributed by atoms with E-state index >= 15 is 0 Å². The Kier molecular flexibility index (Phi) is 10.2. The van der Waals surface area contributed by atoms with Crippen LogP contribution in [0.2, 0.25) is 0 Å². The highest BCUT2D eigenvalue weighted by Crippen LogP contribution is 2.23. The summed E-state index contributed by atoms with van der Waals surface area (Å²) in [6, 6.07) is 31.3. The average molecular weight is 524 g/mol. The lowest BCUT2D eigenvalue weighted by molar-refractivity contribution is -0.129. The van der Waals surface area contributed by atoms with Crippen LogP contribution in [-0.4, -0.2) is 33.5 Å². The van der Waals surface area contributed by atoms with E-state index in [1.807, 2.05) is 102 Å². The Balaban J connectivity index is 1.46. The molecule has 4 rings (SSSR count). The molecule has 0 aliphatic heterocycles. The average Bonchev–Trinajstić information content (AvgIpc) is 2.99. The van der Waals surface area contributed by atoms with E-state index in [0.717, 1.165) is 41.0 Å². The Morgan fingerprint density at radius 1 is 0.795 bits per heavy atom. The Hall–Kier alpha value is -4.49. The van der Waals surface area contributed by atoms with Gasteiger partial charge in [0.1, 0.15) is 5.75 Å². The van der Waals surface area contributed by atoms with Gasteiger partial charge in [0.05, 0.1) is 17.9 Å². The molecule has 3 aromatic carbocycles. The largest absolute Gasteiger partial charge is 0.493 e. The summed E-state index contributed by atoms with van der Waals surface area (Å²) in [6.07, 6.45) is 4.18. The molecule has 0 aliphatic rings. The van der Waals surface area contributed by atoms with Crippen molar-refractivity contribution in [1.29, 1.82) is 0 Å². The number of hydrogen-bond donors (Lipinski definition) is 2. The third-order valence-electron chi connectivity index (χ3n) is 6.35. The summed E-state index contributed by atoms with van der Waals surface area (Å²) in [7, 11) is 0. The van der Waals surface area contributed by atoms with E-state index in [4.69, 9.17) is 9.94 Å². The molecule has 1 heterocycles. The molecule has 7 nitrogen and oxygen atoms in total. The molecule has 1 aromatic heterocycles. The summed E-state index contributed by atoms with van der Waals surface area (Å²) in [5, 5.41) is 8.60. The molecular formula is C32H33N3O4. The Morgan fingerprint density at radius 2 is 1.51 bits per heavy atom. The van der Waals surface area contributed by atoms with Crippen LogP contribution in [0.5, 0.6) is 5.75 Å². The van der Waals surface area contributed by atoms with Crippen molar-refractivity contribution in [3.8, 4) is 17.0 Å². The molecule has 0 unspecified atom stereocenters. The number of hydroxylamine groups is 1. The van der Waals surface area contributed by atoms with E-state index in [0.29, 0.717) is 31.7 Å². The lowest BCUT2D eigenvalue weighted by Crippen LogP contribution is -2.30. The van der Waals surface area contributed by atoms with Gasteiger partial charge >= 0.3 is 0 Å². The number of ether oxygens (including phenoxy) is 1. The zero-order chi connectivity index (χ0) is 27.3. The summed E-state index contributed by atoms with van der Waals surface area (Å²) in [5.74, 6) is 0.242. The molecule has 0 fully saturated rings. The second-order valence-electron chi connectivity index (χ2n) is 9.25. The van der Waals surface area contributed by atoms with Gasteiger partial charge in [0.25, 0.3) is 5.91 Å². The fourth-order valence-corrected chi connectivity index (χ4v) is 4.27. The number of unbranched alkanes of at least 4 members (excludes halogenated alkanes) is 2. The van der Waals surface area contributed by atoms with Gasteiger partial charge in [0.15, 0.2) is 0 Å². The molecule has 2 amide bonds. The van der Waals surface area contributed by atoms with Crippen molar-refractivity contribution in [3.05, 3.63) is 120 Å². The predicted octanol–water partition coefficient (Wildman–Crippen LogP) is 6.04. The van der Waals surface area contributed by atoms with Crippen LogP contribution in [0.25, 0.3) is 11.3 Å². The van der Waals surface area contributed by atoms with E-state index in [9.17, 15) is 9.59 Å². The number of pyridine rings is 1. The Labute approximate surface area is 229 Å². The van der Waals surface area contributed by atoms with Crippen LogP contribution < -0.4 is 10.2 Å². The van der Waals surface area contributed by atoms with Crippen LogP contribution in [0.1, 0.15) is 47.2 Å². The van der Waals surface area contributed by atoms with Gasteiger partial charge in [-0.15, -0.1) is 0 Å². The number of aromatic nitrogens is 1. The number of nitrogens with zero attached hydrogens (tertiary/aromatic N) is 2. The normalized spacial score (nSPS) is 10.6. The molecule has 0 aliphatic carbocycles. The zero-order valence-electron chi connectivity index (χ0n) is 21.8. The number of carbonyl (C=O) groups is 2. The van der Waals surface area contributed by atoms with E-state index in [-0.39, 0.29) is 18.2 Å². The number of amides is 2. The monoisotopic (exact) mass is 523 g/mol. The first-order valence-electron chi connectivity index (χ1n) is 13.1. The molecule has 4 aromatic rings. The highest BCUT2D eigenvalue weighted by molar-refractivity contribution is 5.94. The van der Waals surface area contributed by atoms with Crippen molar-refractivity contribution < 1.29 is 19.5 Å². The third kappa shape index (κ3) is 8.25. The molecule has 0 saturated carbocycles. The summed E-state index contributed by atoms with van der Waals surface area (Å²) in [6.45, 7) is 1.32. The van der Waals surface area contributed by atoms with Crippen LogP contribution in [0.3, 0.4) is 0 Å². The van der Waals surface area contributed by atoms with Crippen molar-refractivity contribution in [2.24, 2.45) is 0 Å². The highest BCUT2D eigenvalue weighted by atomic mass is 16.5. The predicted molar refractivity (Wildman–Crippen MR) is 150 cm³/mol. The van der Waals surface area contributed by atoms with Crippen LogP contribution in [-0.2, 0) is 17.9 Å². The fraction of sp³-hybridized carbons (Fsp3) is 0.219. The minimum absolute atomic E-state index is 0.108. The third-order valence-corrected chi connectivity index (χ3v) is 6.35. The molecule has 0 spiro atoms. The molecule has 0 saturated heterocycles. The topological polar surface area (TPSA) is 91.8 Å². The summed E-state index contributed by atoms with van der Waals surface area (Å²) in [5.41, 5.74) is 5.94. The van der Waals surface area contributed by atoms with Gasteiger partial charge in [0.2, 0.25) is 5.91 Å². The maximum absolute atomic E-state index is 13.7. The number of benzene rings is 3. The summed E-state index contributed by atoms with van der Waals surface area (Å²) < 4.78 is 6.07. The highest BCUT2D eigenvalue weighted by Gasteiger charge is 2.19. The number of nitrogens with one attached hydrogen (secondary N) is 1. The first-order valence-corrected chi connectivity index (χ1v) is 13.1. The van der Waals surface area contributed by atoms with E-state index in [1.54, 1.807) is 11.7 Å². The van der Waals surface area contributed by atoms with Crippen LogP contribution in [0.15, 0.2) is 103 Å². The lowest BCUT2D eigenvalue weighted by atomic mass is 10.1. The molecule has 7 heteroatoms. The molecule has 2 N–H and O–H groups in total. The van der Waals surface area contributed by atoms with Crippen molar-refractivity contribution in [3.63, 3.8) is 0 Å². The quantitative estimate of drug-likeness (QED) is 0.127. The van der Waals surface area contributed by atoms with Gasteiger partial charge in [0, 0.05) is 36.8 Å². The van der Waals surface area contributed by atoms with E-state index in [1.165, 1.54) is 0 Å². The van der Waals surface area contributed by atoms with E-state index in [2.05, 4.69) is 4.98 Å². The molecule has 0 radical (unpaired) electrons. The van der Waals surface area contributed by atoms with Crippen LogP contribution >= 0.6 is 0 Å². The second kappa shape index (κ2) is 14.4. The number of rotatable bonds is 13. The van der Waals surface area contributed by atoms with Gasteiger partial charge in [-0.25, -0.2) is 5.48 Å². The smallest absolute Gasteiger partial charge is 0.256 e. The van der Waals surface area contributed by atoms with E-state index < -0.39 is 0 Å². The van der Waals surface area contributed by atoms with Crippen LogP contribution in [0.4, 0.5) is 0 Å². The van der Waals surface area contributed by atoms with Gasteiger partial charge < -0.3 is 9.64 Å². The maximum Gasteiger partial charge on any atom is 0.256 e. The molecule has 0 atom stereocenters. The first-order chi connectivity index (χ1) is 19.1. The first kappa shape index (κ1) is 27.5. The van der Waals surface area contributed by atoms with Gasteiger partial charge in [-0.05, 0) is 43.0 Å². The number of para-hydroxylation sites is 1. The Morgan fingerprint density at radius 3 is 2.23 bits per heavy atom. The molecular weight excluding hydrogens is 490 g/mol. The summed E-state index contributed by atoms with van der Waals surface area (Å²) in [4.78, 5) is 31.2. The van der Waals surface area contributed by atoms with Gasteiger partial charge in [-0.1, -0.05) is 78.9 Å². The molecule has 0 bridgehead atoms. The lowest BCUT2D eigenvalue weighted by Gasteiger charge is -2.24.